The molecule has 1 N–H and O–H groups in total. The number of halogens is 3. The molecule has 0 radical (unpaired) electrons. The van der Waals surface area contributed by atoms with Crippen LogP contribution in [0.4, 0.5) is 13.2 Å². The van der Waals surface area contributed by atoms with E-state index >= 15 is 0 Å². The Hall–Kier alpha value is -2.18. The number of alkyl halides is 3. The van der Waals surface area contributed by atoms with Crippen molar-refractivity contribution in [3.63, 3.8) is 0 Å². The summed E-state index contributed by atoms with van der Waals surface area (Å²) in [6, 6.07) is 15.2. The van der Waals surface area contributed by atoms with Gasteiger partial charge in [-0.3, -0.25) is 9.69 Å². The molecule has 3 nitrogen and oxygen atoms in total. The minimum atomic E-state index is -4.25. The zero-order valence-corrected chi connectivity index (χ0v) is 19.2. The Balaban J connectivity index is 0.000000311. The van der Waals surface area contributed by atoms with Gasteiger partial charge in [0.05, 0.1) is 11.6 Å². The van der Waals surface area contributed by atoms with E-state index in [0.29, 0.717) is 12.0 Å². The van der Waals surface area contributed by atoms with Crippen molar-refractivity contribution in [1.29, 1.82) is 0 Å². The fraction of sp³-hybridized carbons (Fsp3) is 0.480. The standard InChI is InChI=1S/C13H19NO.C12H16F3N/c1-4-14(5-2)11(3)13(15)12-9-7-6-8-10-12;1-3-16-9(2)7-10-5-4-6-11(8-10)12(13,14)15/h6-11H,4-5H2,1-3H3;4-6,8-9,16H,3,7H2,1-2H3. The van der Waals surface area contributed by atoms with E-state index in [1.807, 2.05) is 51.1 Å². The Morgan fingerprint density at radius 2 is 1.58 bits per heavy atom. The molecule has 2 aromatic rings. The molecule has 0 aliphatic heterocycles. The summed E-state index contributed by atoms with van der Waals surface area (Å²) in [5.41, 5.74) is 0.939. The van der Waals surface area contributed by atoms with E-state index in [-0.39, 0.29) is 17.9 Å². The normalized spacial score (nSPS) is 13.3. The van der Waals surface area contributed by atoms with Crippen molar-refractivity contribution in [3.8, 4) is 0 Å². The second kappa shape index (κ2) is 13.3. The number of carbonyl (C=O) groups excluding carboxylic acids is 1. The molecule has 0 saturated carbocycles. The first kappa shape index (κ1) is 26.9. The molecule has 2 rings (SSSR count). The second-order valence-electron chi connectivity index (χ2n) is 7.49. The highest BCUT2D eigenvalue weighted by molar-refractivity contribution is 5.99. The second-order valence-corrected chi connectivity index (χ2v) is 7.49. The lowest BCUT2D eigenvalue weighted by Gasteiger charge is -2.25. The molecule has 0 fully saturated rings. The summed E-state index contributed by atoms with van der Waals surface area (Å²) in [7, 11) is 0. The smallest absolute Gasteiger partial charge is 0.314 e. The Kier molecular flexibility index (Phi) is 11.5. The molecule has 0 saturated heterocycles. The molecule has 0 bridgehead atoms. The van der Waals surface area contributed by atoms with Gasteiger partial charge in [0.25, 0.3) is 0 Å². The van der Waals surface area contributed by atoms with Crippen molar-refractivity contribution in [2.24, 2.45) is 0 Å². The molecule has 0 spiro atoms. The maximum atomic E-state index is 12.4. The fourth-order valence-electron chi connectivity index (χ4n) is 3.43. The van der Waals surface area contributed by atoms with Gasteiger partial charge in [0.1, 0.15) is 0 Å². The van der Waals surface area contributed by atoms with E-state index in [0.717, 1.165) is 31.3 Å². The van der Waals surface area contributed by atoms with Crippen LogP contribution in [-0.4, -0.2) is 42.4 Å². The van der Waals surface area contributed by atoms with Crippen LogP contribution in [0.3, 0.4) is 0 Å². The third kappa shape index (κ3) is 9.23. The van der Waals surface area contributed by atoms with Crippen LogP contribution in [-0.2, 0) is 12.6 Å². The summed E-state index contributed by atoms with van der Waals surface area (Å²) in [4.78, 5) is 14.2. The van der Waals surface area contributed by atoms with Crippen molar-refractivity contribution >= 4 is 5.78 Å². The van der Waals surface area contributed by atoms with E-state index < -0.39 is 11.7 Å². The maximum absolute atomic E-state index is 12.4. The first-order chi connectivity index (χ1) is 14.6. The van der Waals surface area contributed by atoms with E-state index in [1.165, 1.54) is 12.1 Å². The minimum Gasteiger partial charge on any atom is -0.314 e. The van der Waals surface area contributed by atoms with Gasteiger partial charge in [-0.1, -0.05) is 69.3 Å². The third-order valence-electron chi connectivity index (χ3n) is 5.15. The van der Waals surface area contributed by atoms with Crippen LogP contribution >= 0.6 is 0 Å². The number of likely N-dealkylation sites (N-methyl/N-ethyl adjacent to an activating group) is 2. The molecule has 2 atom stereocenters. The number of hydrogen-bond acceptors (Lipinski definition) is 3. The van der Waals surface area contributed by atoms with Gasteiger partial charge >= 0.3 is 6.18 Å². The highest BCUT2D eigenvalue weighted by Crippen LogP contribution is 2.29. The number of ketones is 1. The number of benzene rings is 2. The van der Waals surface area contributed by atoms with Crippen LogP contribution < -0.4 is 5.32 Å². The quantitative estimate of drug-likeness (QED) is 0.501. The average Bonchev–Trinajstić information content (AvgIpc) is 2.75. The van der Waals surface area contributed by atoms with E-state index in [1.54, 1.807) is 6.07 Å². The molecule has 31 heavy (non-hydrogen) atoms. The lowest BCUT2D eigenvalue weighted by atomic mass is 10.0. The molecular formula is C25H35F3N2O. The first-order valence-corrected chi connectivity index (χ1v) is 10.9. The lowest BCUT2D eigenvalue weighted by molar-refractivity contribution is -0.137. The van der Waals surface area contributed by atoms with Crippen LogP contribution in [0, 0.1) is 0 Å². The zero-order valence-electron chi connectivity index (χ0n) is 19.2. The number of carbonyl (C=O) groups is 1. The van der Waals surface area contributed by atoms with Crippen molar-refractivity contribution in [2.75, 3.05) is 19.6 Å². The predicted octanol–water partition coefficient (Wildman–Crippen LogP) is 5.85. The monoisotopic (exact) mass is 436 g/mol. The van der Waals surface area contributed by atoms with Gasteiger partial charge < -0.3 is 5.32 Å². The number of nitrogens with zero attached hydrogens (tertiary/aromatic N) is 1. The van der Waals surface area contributed by atoms with E-state index in [9.17, 15) is 18.0 Å². The van der Waals surface area contributed by atoms with Crippen LogP contribution in [0.25, 0.3) is 0 Å². The Labute approximate surface area is 184 Å². The summed E-state index contributed by atoms with van der Waals surface area (Å²) >= 11 is 0. The van der Waals surface area contributed by atoms with Crippen molar-refractivity contribution in [3.05, 3.63) is 71.3 Å². The highest BCUT2D eigenvalue weighted by Gasteiger charge is 2.30. The third-order valence-corrected chi connectivity index (χ3v) is 5.15. The summed E-state index contributed by atoms with van der Waals surface area (Å²) in [5, 5.41) is 3.17. The molecule has 0 aliphatic rings. The Bertz CT molecular complexity index is 774. The molecular weight excluding hydrogens is 401 g/mol. The summed E-state index contributed by atoms with van der Waals surface area (Å²) in [6.07, 6.45) is -3.64. The minimum absolute atomic E-state index is 0.0256. The molecule has 6 heteroatoms. The van der Waals surface area contributed by atoms with E-state index in [4.69, 9.17) is 0 Å². The molecule has 172 valence electrons. The average molecular weight is 437 g/mol. The van der Waals surface area contributed by atoms with Crippen LogP contribution in [0.2, 0.25) is 0 Å². The van der Waals surface area contributed by atoms with Crippen molar-refractivity contribution < 1.29 is 18.0 Å². The topological polar surface area (TPSA) is 32.3 Å². The molecule has 2 aromatic carbocycles. The lowest BCUT2D eigenvalue weighted by Crippen LogP contribution is -2.38. The fourth-order valence-corrected chi connectivity index (χ4v) is 3.43. The largest absolute Gasteiger partial charge is 0.416 e. The SMILES string of the molecule is CCN(CC)C(C)C(=O)c1ccccc1.CCNC(C)Cc1cccc(C(F)(F)F)c1. The van der Waals surface area contributed by atoms with Gasteiger partial charge in [-0.05, 0) is 51.5 Å². The van der Waals surface area contributed by atoms with Gasteiger partial charge in [0, 0.05) is 11.6 Å². The van der Waals surface area contributed by atoms with Crippen LogP contribution in [0.5, 0.6) is 0 Å². The van der Waals surface area contributed by atoms with Gasteiger partial charge in [0.15, 0.2) is 5.78 Å². The van der Waals surface area contributed by atoms with Gasteiger partial charge in [-0.25, -0.2) is 0 Å². The Morgan fingerprint density at radius 3 is 2.10 bits per heavy atom. The highest BCUT2D eigenvalue weighted by atomic mass is 19.4. The number of nitrogens with one attached hydrogen (secondary N) is 1. The van der Waals surface area contributed by atoms with Gasteiger partial charge in [-0.2, -0.15) is 13.2 Å². The van der Waals surface area contributed by atoms with Crippen molar-refractivity contribution in [2.45, 2.75) is 59.3 Å². The summed E-state index contributed by atoms with van der Waals surface area (Å²) < 4.78 is 37.3. The maximum Gasteiger partial charge on any atom is 0.416 e. The number of hydrogen-bond donors (Lipinski definition) is 1. The van der Waals surface area contributed by atoms with Gasteiger partial charge in [-0.15, -0.1) is 0 Å². The Morgan fingerprint density at radius 1 is 0.968 bits per heavy atom. The van der Waals surface area contributed by atoms with E-state index in [2.05, 4.69) is 24.1 Å². The predicted molar refractivity (Wildman–Crippen MR) is 121 cm³/mol. The van der Waals surface area contributed by atoms with Crippen LogP contribution in [0.1, 0.15) is 56.1 Å². The van der Waals surface area contributed by atoms with Gasteiger partial charge in [0.2, 0.25) is 0 Å². The molecule has 0 aliphatic carbocycles. The van der Waals surface area contributed by atoms with Crippen molar-refractivity contribution in [1.82, 2.24) is 10.2 Å². The number of rotatable bonds is 9. The first-order valence-electron chi connectivity index (χ1n) is 10.9. The molecule has 0 aromatic heterocycles. The molecule has 0 heterocycles. The molecule has 0 amide bonds. The van der Waals surface area contributed by atoms with Crippen LogP contribution in [0.15, 0.2) is 54.6 Å². The summed E-state index contributed by atoms with van der Waals surface area (Å²) in [5.74, 6) is 0.208. The number of Topliss-reactive ketones (excluding diaryl/α,β-unsaturated/α-hetero) is 1. The summed E-state index contributed by atoms with van der Waals surface area (Å²) in [6.45, 7) is 12.7. The molecule has 2 unspecified atom stereocenters. The zero-order chi connectivity index (χ0) is 23.4.